The van der Waals surface area contributed by atoms with Crippen LogP contribution < -0.4 is 16.5 Å². The number of rotatable bonds is 5. The molecule has 1 aromatic carbocycles. The smallest absolute Gasteiger partial charge is 0.189 e. The monoisotopic (exact) mass is 360 g/mol. The Labute approximate surface area is 158 Å². The van der Waals surface area contributed by atoms with Gasteiger partial charge < -0.3 is 4.98 Å². The maximum absolute atomic E-state index is 4.83. The molecule has 1 aliphatic carbocycles. The minimum absolute atomic E-state index is 0.281. The number of amidine groups is 1. The average Bonchev–Trinajstić information content (AvgIpc) is 3.12. The number of hydrazine groups is 2. The lowest BCUT2D eigenvalue weighted by Crippen LogP contribution is -2.35. The quantitative estimate of drug-likeness (QED) is 0.564. The zero-order chi connectivity index (χ0) is 18.4. The van der Waals surface area contributed by atoms with Crippen molar-refractivity contribution in [3.63, 3.8) is 0 Å². The van der Waals surface area contributed by atoms with Gasteiger partial charge in [0.2, 0.25) is 0 Å². The summed E-state index contributed by atoms with van der Waals surface area (Å²) in [6, 6.07) is 12.9. The number of hydrogen-bond acceptors (Lipinski definition) is 5. The Hall–Kier alpha value is -2.86. The van der Waals surface area contributed by atoms with Gasteiger partial charge in [-0.15, -0.1) is 10.6 Å². The zero-order valence-electron chi connectivity index (χ0n) is 15.7. The predicted octanol–water partition coefficient (Wildman–Crippen LogP) is 3.04. The van der Waals surface area contributed by atoms with E-state index in [-0.39, 0.29) is 5.41 Å². The van der Waals surface area contributed by atoms with Crippen molar-refractivity contribution in [2.24, 2.45) is 5.10 Å². The van der Waals surface area contributed by atoms with Crippen molar-refractivity contribution in [1.29, 1.82) is 0 Å². The fraction of sp³-hybridized carbons (Fsp3) is 0.333. The summed E-state index contributed by atoms with van der Waals surface area (Å²) in [4.78, 5) is 8.57. The van der Waals surface area contributed by atoms with E-state index in [2.05, 4.69) is 64.7 Å². The molecule has 3 heterocycles. The fourth-order valence-corrected chi connectivity index (χ4v) is 3.87. The number of benzene rings is 1. The van der Waals surface area contributed by atoms with Gasteiger partial charge in [-0.1, -0.05) is 32.0 Å². The second-order valence-corrected chi connectivity index (χ2v) is 7.79. The Balaban J connectivity index is 1.57. The van der Waals surface area contributed by atoms with Crippen LogP contribution in [0.1, 0.15) is 54.9 Å². The Morgan fingerprint density at radius 3 is 2.78 bits per heavy atom. The Kier molecular flexibility index (Phi) is 3.68. The van der Waals surface area contributed by atoms with Crippen LogP contribution in [0.25, 0.3) is 10.9 Å². The first-order chi connectivity index (χ1) is 13.2. The molecule has 2 aromatic heterocycles. The van der Waals surface area contributed by atoms with Crippen molar-refractivity contribution in [1.82, 2.24) is 26.5 Å². The maximum atomic E-state index is 4.83. The Morgan fingerprint density at radius 2 is 2.04 bits per heavy atom. The molecule has 0 bridgehead atoms. The normalized spacial score (nSPS) is 17.5. The van der Waals surface area contributed by atoms with E-state index in [1.54, 1.807) is 0 Å². The van der Waals surface area contributed by atoms with Crippen molar-refractivity contribution < 1.29 is 0 Å². The highest BCUT2D eigenvalue weighted by Gasteiger charge is 2.42. The molecule has 138 valence electrons. The van der Waals surface area contributed by atoms with Crippen LogP contribution in [0.4, 0.5) is 0 Å². The minimum Gasteiger partial charge on any atom is -0.358 e. The van der Waals surface area contributed by atoms with E-state index in [0.29, 0.717) is 5.84 Å². The van der Waals surface area contributed by atoms with E-state index in [0.717, 1.165) is 24.2 Å². The summed E-state index contributed by atoms with van der Waals surface area (Å²) in [5, 5.41) is 5.48. The van der Waals surface area contributed by atoms with Gasteiger partial charge in [-0.25, -0.2) is 10.5 Å². The van der Waals surface area contributed by atoms with Crippen LogP contribution in [0.5, 0.6) is 0 Å². The number of H-pyrrole nitrogens is 1. The molecule has 6 heteroatoms. The molecule has 27 heavy (non-hydrogen) atoms. The molecule has 0 radical (unpaired) electrons. The molecule has 0 amide bonds. The van der Waals surface area contributed by atoms with Gasteiger partial charge in [0.15, 0.2) is 5.84 Å². The van der Waals surface area contributed by atoms with Gasteiger partial charge in [-0.3, -0.25) is 5.43 Å². The van der Waals surface area contributed by atoms with Gasteiger partial charge in [-0.2, -0.15) is 0 Å². The lowest BCUT2D eigenvalue weighted by Gasteiger charge is -2.11. The molecule has 1 fully saturated rings. The van der Waals surface area contributed by atoms with Crippen molar-refractivity contribution in [3.05, 3.63) is 64.6 Å². The number of hydrogen-bond donors (Lipinski definition) is 4. The molecule has 0 atom stereocenters. The van der Waals surface area contributed by atoms with E-state index in [4.69, 9.17) is 4.98 Å². The SMILES string of the molecule is CCc1ccc2c(Cc3cccc(C4=NNNN4)n3)c(C3(C)CC3)[nH]c2c1. The third-order valence-electron chi connectivity index (χ3n) is 5.79. The summed E-state index contributed by atoms with van der Waals surface area (Å²) >= 11 is 0. The second kappa shape index (κ2) is 6.09. The number of pyridine rings is 1. The lowest BCUT2D eigenvalue weighted by molar-refractivity contribution is 0.577. The van der Waals surface area contributed by atoms with Gasteiger partial charge in [0.1, 0.15) is 5.69 Å². The molecule has 2 aliphatic rings. The fourth-order valence-electron chi connectivity index (χ4n) is 3.87. The molecule has 0 spiro atoms. The van der Waals surface area contributed by atoms with Crippen molar-refractivity contribution in [2.45, 2.75) is 44.9 Å². The zero-order valence-corrected chi connectivity index (χ0v) is 15.7. The van der Waals surface area contributed by atoms with Gasteiger partial charge in [0.25, 0.3) is 0 Å². The van der Waals surface area contributed by atoms with Crippen LogP contribution in [-0.2, 0) is 18.3 Å². The van der Waals surface area contributed by atoms with Gasteiger partial charge >= 0.3 is 0 Å². The van der Waals surface area contributed by atoms with Gasteiger partial charge in [0.05, 0.1) is 0 Å². The first-order valence-corrected chi connectivity index (χ1v) is 9.60. The summed E-state index contributed by atoms with van der Waals surface area (Å²) in [7, 11) is 0. The molecule has 6 nitrogen and oxygen atoms in total. The second-order valence-electron chi connectivity index (χ2n) is 7.79. The van der Waals surface area contributed by atoms with E-state index in [1.807, 2.05) is 12.1 Å². The standard InChI is InChI=1S/C21H24N6/c1-3-13-7-8-15-16(19(21(2)9-10-21)23-18(15)11-13)12-14-5-4-6-17(22-14)20-24-26-27-25-20/h4-8,11,23,26-27H,3,9-10,12H2,1-2H3,(H,24,25). The third kappa shape index (κ3) is 2.86. The first-order valence-electron chi connectivity index (χ1n) is 9.60. The van der Waals surface area contributed by atoms with Crippen LogP contribution in [0.15, 0.2) is 41.5 Å². The number of nitrogens with zero attached hydrogens (tertiary/aromatic N) is 2. The molecule has 4 N–H and O–H groups in total. The summed E-state index contributed by atoms with van der Waals surface area (Å²) in [5.41, 5.74) is 16.0. The van der Waals surface area contributed by atoms with E-state index >= 15 is 0 Å². The molecular formula is C21H24N6. The largest absolute Gasteiger partial charge is 0.358 e. The van der Waals surface area contributed by atoms with Crippen molar-refractivity contribution in [3.8, 4) is 0 Å². The maximum Gasteiger partial charge on any atom is 0.189 e. The van der Waals surface area contributed by atoms with Gasteiger partial charge in [0, 0.05) is 34.1 Å². The molecular weight excluding hydrogens is 336 g/mol. The number of aryl methyl sites for hydroxylation is 1. The van der Waals surface area contributed by atoms with Crippen LogP contribution >= 0.6 is 0 Å². The number of hydrazone groups is 1. The van der Waals surface area contributed by atoms with E-state index in [9.17, 15) is 0 Å². The van der Waals surface area contributed by atoms with Gasteiger partial charge in [-0.05, 0) is 48.6 Å². The van der Waals surface area contributed by atoms with Crippen LogP contribution in [-0.4, -0.2) is 15.8 Å². The van der Waals surface area contributed by atoms with E-state index in [1.165, 1.54) is 40.6 Å². The predicted molar refractivity (Wildman–Crippen MR) is 107 cm³/mol. The number of fused-ring (bicyclic) bond motifs is 1. The summed E-state index contributed by atoms with van der Waals surface area (Å²) in [6.45, 7) is 4.56. The highest BCUT2D eigenvalue weighted by atomic mass is 15.8. The minimum atomic E-state index is 0.281. The van der Waals surface area contributed by atoms with Crippen molar-refractivity contribution >= 4 is 16.7 Å². The highest BCUT2D eigenvalue weighted by molar-refractivity contribution is 5.97. The number of aromatic nitrogens is 2. The number of nitrogens with one attached hydrogen (secondary N) is 4. The molecule has 3 aromatic rings. The lowest BCUT2D eigenvalue weighted by atomic mass is 9.96. The van der Waals surface area contributed by atoms with Crippen LogP contribution in [0.3, 0.4) is 0 Å². The third-order valence-corrected chi connectivity index (χ3v) is 5.79. The Morgan fingerprint density at radius 1 is 1.15 bits per heavy atom. The van der Waals surface area contributed by atoms with Crippen molar-refractivity contribution in [2.75, 3.05) is 0 Å². The molecule has 1 saturated carbocycles. The summed E-state index contributed by atoms with van der Waals surface area (Å²) in [5.74, 6) is 0.706. The molecule has 0 saturated heterocycles. The molecule has 5 rings (SSSR count). The van der Waals surface area contributed by atoms with Crippen LogP contribution in [0, 0.1) is 0 Å². The van der Waals surface area contributed by atoms with E-state index < -0.39 is 0 Å². The molecule has 0 unspecified atom stereocenters. The molecule has 1 aliphatic heterocycles. The summed E-state index contributed by atoms with van der Waals surface area (Å²) in [6.07, 6.45) is 4.37. The summed E-state index contributed by atoms with van der Waals surface area (Å²) < 4.78 is 0. The van der Waals surface area contributed by atoms with Crippen LogP contribution in [0.2, 0.25) is 0 Å². The average molecular weight is 360 g/mol. The first kappa shape index (κ1) is 16.3. The topological polar surface area (TPSA) is 77.1 Å². The number of aromatic amines is 1. The Bertz CT molecular complexity index is 1040. The highest BCUT2D eigenvalue weighted by Crippen LogP contribution is 2.50.